The van der Waals surface area contributed by atoms with Crippen molar-refractivity contribution in [2.24, 2.45) is 0 Å². The Balaban J connectivity index is 8.85. The molecule has 0 aliphatic carbocycles. The summed E-state index contributed by atoms with van der Waals surface area (Å²) in [5, 5.41) is 20.6. The summed E-state index contributed by atoms with van der Waals surface area (Å²) in [5.41, 5.74) is 0. The standard InChI is InChI=1S/C29H57NO14/c1-11-35-26(36-12-2,28(39-15-5,40-16-6)41-17-7)30(23(25(33)34)21-22-24(31)32)27(37-13-3,38-14-4)29(42-18-8,43-19-9)44-20-10/h23H,11-22H2,1-10H3,(H,31,32)(H,33,34). The van der Waals surface area contributed by atoms with Crippen molar-refractivity contribution in [1.29, 1.82) is 0 Å². The van der Waals surface area contributed by atoms with Crippen LogP contribution >= 0.6 is 0 Å². The first-order valence-corrected chi connectivity index (χ1v) is 15.6. The fraction of sp³-hybridized carbons (Fsp3) is 0.931. The van der Waals surface area contributed by atoms with Crippen molar-refractivity contribution in [1.82, 2.24) is 4.90 Å². The molecule has 0 aromatic carbocycles. The number of hydrogen-bond acceptors (Lipinski definition) is 13. The Morgan fingerprint density at radius 3 is 0.932 bits per heavy atom. The van der Waals surface area contributed by atoms with Gasteiger partial charge in [-0.2, -0.15) is 4.90 Å². The normalized spacial score (nSPS) is 13.9. The van der Waals surface area contributed by atoms with Crippen LogP contribution in [-0.4, -0.2) is 123 Å². The Kier molecular flexibility index (Phi) is 20.6. The Hall–Kier alpha value is -1.50. The molecule has 1 unspecified atom stereocenters. The Morgan fingerprint density at radius 2 is 0.750 bits per heavy atom. The van der Waals surface area contributed by atoms with Crippen LogP contribution in [0.25, 0.3) is 0 Å². The quantitative estimate of drug-likeness (QED) is 0.113. The van der Waals surface area contributed by atoms with Crippen LogP contribution in [0, 0.1) is 0 Å². The molecule has 0 aromatic rings. The lowest BCUT2D eigenvalue weighted by atomic mass is 10.0. The van der Waals surface area contributed by atoms with Crippen LogP contribution in [0.4, 0.5) is 0 Å². The number of carboxylic acids is 2. The van der Waals surface area contributed by atoms with Crippen LogP contribution in [0.1, 0.15) is 82.1 Å². The Morgan fingerprint density at radius 1 is 0.500 bits per heavy atom. The minimum atomic E-state index is -2.49. The van der Waals surface area contributed by atoms with Gasteiger partial charge in [-0.3, -0.25) is 9.59 Å². The highest BCUT2D eigenvalue weighted by Crippen LogP contribution is 2.49. The average molecular weight is 644 g/mol. The highest BCUT2D eigenvalue weighted by atomic mass is 16.9. The molecular formula is C29H57NO14. The van der Waals surface area contributed by atoms with E-state index in [1.165, 1.54) is 0 Å². The van der Waals surface area contributed by atoms with E-state index in [1.54, 1.807) is 69.2 Å². The second-order valence-electron chi connectivity index (χ2n) is 8.76. The molecule has 0 aliphatic heterocycles. The van der Waals surface area contributed by atoms with Gasteiger partial charge in [-0.15, -0.1) is 0 Å². The molecule has 262 valence electrons. The van der Waals surface area contributed by atoms with Gasteiger partial charge < -0.3 is 57.6 Å². The zero-order valence-electron chi connectivity index (χ0n) is 28.3. The summed E-state index contributed by atoms with van der Waals surface area (Å²) in [6.07, 6.45) is -1.07. The van der Waals surface area contributed by atoms with E-state index in [4.69, 9.17) is 47.4 Å². The second-order valence-corrected chi connectivity index (χ2v) is 8.76. The lowest BCUT2D eigenvalue weighted by Gasteiger charge is -2.60. The summed E-state index contributed by atoms with van der Waals surface area (Å²) in [5.74, 6) is -12.3. The molecule has 0 heterocycles. The molecule has 0 saturated carbocycles. The van der Waals surface area contributed by atoms with Gasteiger partial charge in [0.05, 0.1) is 0 Å². The molecule has 0 bridgehead atoms. The van der Waals surface area contributed by atoms with E-state index >= 15 is 0 Å². The summed E-state index contributed by atoms with van der Waals surface area (Å²) in [7, 11) is 0. The fourth-order valence-electron chi connectivity index (χ4n) is 4.96. The maximum absolute atomic E-state index is 13.4. The number of aliphatic carboxylic acids is 2. The number of ether oxygens (including phenoxy) is 10. The van der Waals surface area contributed by atoms with E-state index in [0.717, 1.165) is 4.90 Å². The molecule has 0 radical (unpaired) electrons. The first-order chi connectivity index (χ1) is 21.0. The van der Waals surface area contributed by atoms with Gasteiger partial charge in [-0.05, 0) is 75.7 Å². The van der Waals surface area contributed by atoms with E-state index in [2.05, 4.69) is 0 Å². The molecule has 0 aliphatic rings. The molecule has 0 amide bonds. The van der Waals surface area contributed by atoms with Gasteiger partial charge in [-0.25, -0.2) is 0 Å². The van der Waals surface area contributed by atoms with Crippen LogP contribution in [0.5, 0.6) is 0 Å². The number of carbonyl (C=O) groups is 2. The summed E-state index contributed by atoms with van der Waals surface area (Å²) in [6, 6.07) is -1.80. The summed E-state index contributed by atoms with van der Waals surface area (Å²) in [4.78, 5) is 26.3. The minimum Gasteiger partial charge on any atom is -0.481 e. The molecular weight excluding hydrogens is 586 g/mol. The lowest BCUT2D eigenvalue weighted by Crippen LogP contribution is -2.83. The number of rotatable bonds is 29. The van der Waals surface area contributed by atoms with E-state index in [-0.39, 0.29) is 66.1 Å². The van der Waals surface area contributed by atoms with E-state index in [9.17, 15) is 19.8 Å². The van der Waals surface area contributed by atoms with Crippen molar-refractivity contribution < 1.29 is 67.2 Å². The molecule has 0 aromatic heterocycles. The van der Waals surface area contributed by atoms with Crippen LogP contribution in [0.3, 0.4) is 0 Å². The van der Waals surface area contributed by atoms with Gasteiger partial charge in [0.15, 0.2) is 0 Å². The van der Waals surface area contributed by atoms with Crippen LogP contribution in [0.2, 0.25) is 0 Å². The lowest BCUT2D eigenvalue weighted by molar-refractivity contribution is -0.600. The van der Waals surface area contributed by atoms with Crippen molar-refractivity contribution in [2.45, 2.75) is 112 Å². The molecule has 0 fully saturated rings. The monoisotopic (exact) mass is 643 g/mol. The molecule has 15 nitrogen and oxygen atoms in total. The molecule has 0 saturated heterocycles. The van der Waals surface area contributed by atoms with E-state index in [1.807, 2.05) is 0 Å². The highest BCUT2D eigenvalue weighted by molar-refractivity contribution is 5.75. The number of nitrogens with zero attached hydrogens (tertiary/aromatic N) is 1. The largest absolute Gasteiger partial charge is 0.481 e. The molecule has 44 heavy (non-hydrogen) atoms. The van der Waals surface area contributed by atoms with Crippen molar-refractivity contribution in [3.63, 3.8) is 0 Å². The van der Waals surface area contributed by atoms with Gasteiger partial charge in [0, 0.05) is 72.5 Å². The zero-order chi connectivity index (χ0) is 33.9. The van der Waals surface area contributed by atoms with Gasteiger partial charge in [0.1, 0.15) is 6.04 Å². The summed E-state index contributed by atoms with van der Waals surface area (Å²) < 4.78 is 62.7. The molecule has 2 N–H and O–H groups in total. The molecule has 0 spiro atoms. The van der Waals surface area contributed by atoms with Gasteiger partial charge >= 0.3 is 35.7 Å². The third kappa shape index (κ3) is 9.51. The maximum Gasteiger partial charge on any atom is 0.357 e. The number of hydrogen-bond donors (Lipinski definition) is 2. The third-order valence-electron chi connectivity index (χ3n) is 6.00. The van der Waals surface area contributed by atoms with Crippen LogP contribution in [-0.2, 0) is 57.0 Å². The van der Waals surface area contributed by atoms with Crippen LogP contribution < -0.4 is 0 Å². The number of carboxylic acid groups (broad SMARTS) is 2. The summed E-state index contributed by atoms with van der Waals surface area (Å²) >= 11 is 0. The van der Waals surface area contributed by atoms with Crippen molar-refractivity contribution in [3.8, 4) is 0 Å². The van der Waals surface area contributed by atoms with Crippen LogP contribution in [0.15, 0.2) is 0 Å². The SMILES string of the molecule is CCOC(OCC)(OCC)C(OCC)(OCC)N(C(CCC(=O)O)C(=O)O)C(OCC)(OCC)C(OCC)(OCC)OCC. The second kappa shape index (κ2) is 21.3. The zero-order valence-corrected chi connectivity index (χ0v) is 28.3. The topological polar surface area (TPSA) is 170 Å². The van der Waals surface area contributed by atoms with Gasteiger partial charge in [-0.1, -0.05) is 0 Å². The highest BCUT2D eigenvalue weighted by Gasteiger charge is 2.76. The fourth-order valence-corrected chi connectivity index (χ4v) is 4.96. The Labute approximate surface area is 262 Å². The predicted octanol–water partition coefficient (Wildman–Crippen LogP) is 3.59. The Bertz CT molecular complexity index is 706. The maximum atomic E-state index is 13.4. The van der Waals surface area contributed by atoms with Crippen molar-refractivity contribution in [3.05, 3.63) is 0 Å². The van der Waals surface area contributed by atoms with Crippen molar-refractivity contribution in [2.75, 3.05) is 66.1 Å². The first-order valence-electron chi connectivity index (χ1n) is 15.6. The first kappa shape index (κ1) is 42.5. The predicted molar refractivity (Wildman–Crippen MR) is 157 cm³/mol. The smallest absolute Gasteiger partial charge is 0.357 e. The third-order valence-corrected chi connectivity index (χ3v) is 6.00. The molecule has 15 heteroatoms. The average Bonchev–Trinajstić information content (AvgIpc) is 2.95. The molecule has 0 rings (SSSR count). The van der Waals surface area contributed by atoms with Crippen molar-refractivity contribution >= 4 is 11.9 Å². The van der Waals surface area contributed by atoms with E-state index in [0.29, 0.717) is 0 Å². The van der Waals surface area contributed by atoms with E-state index < -0.39 is 54.6 Å². The molecule has 1 atom stereocenters. The minimum absolute atomic E-state index is 0.00754. The van der Waals surface area contributed by atoms with Gasteiger partial charge in [0.25, 0.3) is 0 Å². The van der Waals surface area contributed by atoms with Gasteiger partial charge in [0.2, 0.25) is 0 Å². The summed E-state index contributed by atoms with van der Waals surface area (Å²) in [6.45, 7) is 16.2.